The Labute approximate surface area is 113 Å². The van der Waals surface area contributed by atoms with Crippen molar-refractivity contribution in [2.24, 2.45) is 0 Å². The molecule has 0 heterocycles. The van der Waals surface area contributed by atoms with Gasteiger partial charge in [-0.1, -0.05) is 66.7 Å². The molecule has 1 atom stereocenters. The molecule has 1 aliphatic carbocycles. The van der Waals surface area contributed by atoms with E-state index in [2.05, 4.69) is 0 Å². The summed E-state index contributed by atoms with van der Waals surface area (Å²) in [5, 5.41) is 10.7. The number of hydrogen-bond acceptors (Lipinski definition) is 2. The van der Waals surface area contributed by atoms with Gasteiger partial charge in [-0.3, -0.25) is 0 Å². The van der Waals surface area contributed by atoms with E-state index in [9.17, 15) is 5.11 Å². The van der Waals surface area contributed by atoms with Crippen molar-refractivity contribution in [2.75, 3.05) is 0 Å². The smallest absolute Gasteiger partial charge is 0.196 e. The third-order valence-corrected chi connectivity index (χ3v) is 3.39. The van der Waals surface area contributed by atoms with Crippen molar-refractivity contribution < 1.29 is 9.84 Å². The minimum atomic E-state index is -1.22. The Hall–Kier alpha value is -1.90. The van der Waals surface area contributed by atoms with E-state index < -0.39 is 5.79 Å². The van der Waals surface area contributed by atoms with E-state index in [1.54, 1.807) is 0 Å². The molecule has 0 aliphatic heterocycles. The summed E-state index contributed by atoms with van der Waals surface area (Å²) < 4.78 is 5.79. The second-order valence-electron chi connectivity index (χ2n) is 4.75. The van der Waals surface area contributed by atoms with Crippen LogP contribution >= 0.6 is 0 Å². The first-order valence-electron chi connectivity index (χ1n) is 6.44. The lowest BCUT2D eigenvalue weighted by Gasteiger charge is -2.31. The maximum Gasteiger partial charge on any atom is 0.196 e. The first-order valence-corrected chi connectivity index (χ1v) is 6.44. The largest absolute Gasteiger partial charge is 0.362 e. The molecular weight excluding hydrogens is 236 g/mol. The van der Waals surface area contributed by atoms with Crippen molar-refractivity contribution in [1.82, 2.24) is 0 Å². The van der Waals surface area contributed by atoms with Crippen molar-refractivity contribution in [2.45, 2.75) is 18.8 Å². The van der Waals surface area contributed by atoms with E-state index in [-0.39, 0.29) is 0 Å². The van der Waals surface area contributed by atoms with Gasteiger partial charge in [0, 0.05) is 12.0 Å². The van der Waals surface area contributed by atoms with Gasteiger partial charge in [-0.15, -0.1) is 0 Å². The fourth-order valence-electron chi connectivity index (χ4n) is 2.37. The Morgan fingerprint density at radius 1 is 1.00 bits per heavy atom. The zero-order chi connectivity index (χ0) is 13.1. The average molecular weight is 252 g/mol. The molecule has 2 nitrogen and oxygen atoms in total. The van der Waals surface area contributed by atoms with Crippen LogP contribution in [-0.4, -0.2) is 5.11 Å². The number of hydrogen-bond donors (Lipinski definition) is 1. The second kappa shape index (κ2) is 5.00. The lowest BCUT2D eigenvalue weighted by molar-refractivity contribution is -0.218. The van der Waals surface area contributed by atoms with Crippen molar-refractivity contribution >= 4 is 6.08 Å². The maximum absolute atomic E-state index is 10.7. The average Bonchev–Trinajstić information content (AvgIpc) is 2.47. The Morgan fingerprint density at radius 3 is 2.58 bits per heavy atom. The highest BCUT2D eigenvalue weighted by Gasteiger charge is 2.32. The Bertz CT molecular complexity index is 589. The molecule has 1 unspecified atom stereocenters. The molecule has 0 aromatic heterocycles. The minimum absolute atomic E-state index is 0.402. The molecule has 96 valence electrons. The van der Waals surface area contributed by atoms with Gasteiger partial charge < -0.3 is 9.84 Å². The Balaban J connectivity index is 1.82. The van der Waals surface area contributed by atoms with Crippen LogP contribution in [0.2, 0.25) is 0 Å². The molecule has 2 aromatic carbocycles. The molecule has 1 N–H and O–H groups in total. The molecule has 0 bridgehead atoms. The second-order valence-corrected chi connectivity index (χ2v) is 4.75. The molecule has 0 amide bonds. The van der Waals surface area contributed by atoms with Crippen LogP contribution in [0.4, 0.5) is 0 Å². The Morgan fingerprint density at radius 2 is 1.74 bits per heavy atom. The summed E-state index contributed by atoms with van der Waals surface area (Å²) in [5.74, 6) is -1.22. The van der Waals surface area contributed by atoms with Gasteiger partial charge >= 0.3 is 0 Å². The fraction of sp³-hybridized carbons (Fsp3) is 0.176. The van der Waals surface area contributed by atoms with E-state index >= 15 is 0 Å². The number of aliphatic hydroxyl groups is 1. The first-order chi connectivity index (χ1) is 9.28. The van der Waals surface area contributed by atoms with Gasteiger partial charge in [0.25, 0.3) is 0 Å². The van der Waals surface area contributed by atoms with Gasteiger partial charge in [0.1, 0.15) is 0 Å². The summed E-state index contributed by atoms with van der Waals surface area (Å²) in [4.78, 5) is 0. The van der Waals surface area contributed by atoms with E-state index in [1.807, 2.05) is 66.7 Å². The summed E-state index contributed by atoms with van der Waals surface area (Å²) in [6.45, 7) is 0.402. The standard InChI is InChI=1S/C17H16O2/c18-17(19-13-14-7-2-1-3-8-14)12-6-10-15-9-4-5-11-16(15)17/h1-11,18H,12-13H2. The van der Waals surface area contributed by atoms with Crippen LogP contribution < -0.4 is 0 Å². The van der Waals surface area contributed by atoms with E-state index in [4.69, 9.17) is 4.74 Å². The maximum atomic E-state index is 10.7. The van der Waals surface area contributed by atoms with Crippen LogP contribution in [0.3, 0.4) is 0 Å². The molecule has 2 aromatic rings. The number of benzene rings is 2. The zero-order valence-corrected chi connectivity index (χ0v) is 10.6. The molecule has 0 radical (unpaired) electrons. The molecule has 19 heavy (non-hydrogen) atoms. The number of rotatable bonds is 3. The normalized spacial score (nSPS) is 21.1. The fourth-order valence-corrected chi connectivity index (χ4v) is 2.37. The van der Waals surface area contributed by atoms with Crippen LogP contribution in [0, 0.1) is 0 Å². The SMILES string of the molecule is OC1(OCc2ccccc2)CC=Cc2ccccc21. The van der Waals surface area contributed by atoms with Gasteiger partial charge in [0.05, 0.1) is 6.61 Å². The highest BCUT2D eigenvalue weighted by molar-refractivity contribution is 5.57. The van der Waals surface area contributed by atoms with Crippen molar-refractivity contribution in [1.29, 1.82) is 0 Å². The molecule has 0 saturated heterocycles. The number of fused-ring (bicyclic) bond motifs is 1. The van der Waals surface area contributed by atoms with Gasteiger partial charge in [0.2, 0.25) is 0 Å². The van der Waals surface area contributed by atoms with E-state index in [1.165, 1.54) is 0 Å². The molecule has 0 spiro atoms. The summed E-state index contributed by atoms with van der Waals surface area (Å²) >= 11 is 0. The van der Waals surface area contributed by atoms with E-state index in [0.29, 0.717) is 13.0 Å². The van der Waals surface area contributed by atoms with Gasteiger partial charge in [-0.2, -0.15) is 0 Å². The predicted octanol–water partition coefficient (Wildman–Crippen LogP) is 3.47. The Kier molecular flexibility index (Phi) is 3.20. The lowest BCUT2D eigenvalue weighted by atomic mass is 9.91. The number of ether oxygens (including phenoxy) is 1. The summed E-state index contributed by atoms with van der Waals surface area (Å²) in [6, 6.07) is 17.7. The van der Waals surface area contributed by atoms with Crippen LogP contribution in [-0.2, 0) is 17.1 Å². The summed E-state index contributed by atoms with van der Waals surface area (Å²) in [7, 11) is 0. The molecule has 2 heteroatoms. The highest BCUT2D eigenvalue weighted by Crippen LogP contribution is 2.35. The van der Waals surface area contributed by atoms with Crippen LogP contribution in [0.15, 0.2) is 60.7 Å². The molecule has 1 aliphatic rings. The summed E-state index contributed by atoms with van der Waals surface area (Å²) in [5.41, 5.74) is 2.92. The predicted molar refractivity (Wildman–Crippen MR) is 75.2 cm³/mol. The molecular formula is C17H16O2. The van der Waals surface area contributed by atoms with Crippen molar-refractivity contribution in [3.05, 3.63) is 77.4 Å². The van der Waals surface area contributed by atoms with Gasteiger partial charge in [-0.05, 0) is 11.1 Å². The monoisotopic (exact) mass is 252 g/mol. The van der Waals surface area contributed by atoms with Gasteiger partial charge in [0.15, 0.2) is 5.79 Å². The summed E-state index contributed by atoms with van der Waals surface area (Å²) in [6.07, 6.45) is 4.46. The topological polar surface area (TPSA) is 29.5 Å². The third-order valence-electron chi connectivity index (χ3n) is 3.39. The van der Waals surface area contributed by atoms with E-state index in [0.717, 1.165) is 16.7 Å². The van der Waals surface area contributed by atoms with Crippen molar-refractivity contribution in [3.8, 4) is 0 Å². The molecule has 0 saturated carbocycles. The third kappa shape index (κ3) is 2.46. The van der Waals surface area contributed by atoms with Gasteiger partial charge in [-0.25, -0.2) is 0 Å². The minimum Gasteiger partial charge on any atom is -0.362 e. The van der Waals surface area contributed by atoms with Crippen LogP contribution in [0.25, 0.3) is 6.08 Å². The van der Waals surface area contributed by atoms with Crippen LogP contribution in [0.5, 0.6) is 0 Å². The highest BCUT2D eigenvalue weighted by atomic mass is 16.6. The van der Waals surface area contributed by atoms with Crippen molar-refractivity contribution in [3.63, 3.8) is 0 Å². The molecule has 0 fully saturated rings. The van der Waals surface area contributed by atoms with Crippen LogP contribution in [0.1, 0.15) is 23.1 Å². The zero-order valence-electron chi connectivity index (χ0n) is 10.6. The quantitative estimate of drug-likeness (QED) is 0.848. The first kappa shape index (κ1) is 12.2. The lowest BCUT2D eigenvalue weighted by Crippen LogP contribution is -2.31. The molecule has 3 rings (SSSR count).